The van der Waals surface area contributed by atoms with Crippen molar-refractivity contribution in [2.75, 3.05) is 26.2 Å². The number of oxazole rings is 1. The van der Waals surface area contributed by atoms with Crippen molar-refractivity contribution in [2.24, 2.45) is 0 Å². The average Bonchev–Trinajstić information content (AvgIpc) is 3.49. The molecule has 9 heteroatoms. The highest BCUT2D eigenvalue weighted by atomic mass is 16.5. The van der Waals surface area contributed by atoms with Crippen molar-refractivity contribution in [3.05, 3.63) is 65.6 Å². The van der Waals surface area contributed by atoms with Crippen LogP contribution in [-0.2, 0) is 9.53 Å². The molecule has 9 nitrogen and oxygen atoms in total. The zero-order chi connectivity index (χ0) is 22.8. The van der Waals surface area contributed by atoms with E-state index >= 15 is 0 Å². The smallest absolute Gasteiger partial charge is 0.338 e. The number of urea groups is 1. The maximum Gasteiger partial charge on any atom is 0.338 e. The molecule has 0 radical (unpaired) electrons. The minimum atomic E-state index is -0.694. The van der Waals surface area contributed by atoms with E-state index in [2.05, 4.69) is 20.5 Å². The van der Waals surface area contributed by atoms with Gasteiger partial charge in [0.2, 0.25) is 0 Å². The molecule has 4 heterocycles. The maximum atomic E-state index is 12.8. The van der Waals surface area contributed by atoms with Crippen molar-refractivity contribution in [1.82, 2.24) is 20.5 Å². The molecule has 0 bridgehead atoms. The van der Waals surface area contributed by atoms with Crippen LogP contribution in [0.4, 0.5) is 4.79 Å². The van der Waals surface area contributed by atoms with Gasteiger partial charge in [-0.3, -0.25) is 4.90 Å². The molecule has 2 aliphatic heterocycles. The number of carbonyl (C=O) groups excluding carboxylic acids is 2. The SMILES string of the molecule is CCOC(=O)C1=C(CN2CCC(c3nc4ccccc4o3)CC2)NC(=O)NC1c1ccco1. The molecule has 2 N–H and O–H groups in total. The normalized spacial score (nSPS) is 20.0. The van der Waals surface area contributed by atoms with E-state index < -0.39 is 12.0 Å². The van der Waals surface area contributed by atoms with Crippen LogP contribution in [0.15, 0.2) is 62.8 Å². The van der Waals surface area contributed by atoms with Crippen molar-refractivity contribution >= 4 is 23.1 Å². The first-order chi connectivity index (χ1) is 16.1. The van der Waals surface area contributed by atoms with E-state index in [1.165, 1.54) is 6.26 Å². The van der Waals surface area contributed by atoms with E-state index in [0.717, 1.165) is 42.9 Å². The van der Waals surface area contributed by atoms with Gasteiger partial charge in [0.1, 0.15) is 17.3 Å². The van der Waals surface area contributed by atoms with E-state index in [4.69, 9.17) is 13.6 Å². The zero-order valence-electron chi connectivity index (χ0n) is 18.4. The second-order valence-electron chi connectivity index (χ2n) is 8.23. The summed E-state index contributed by atoms with van der Waals surface area (Å²) in [7, 11) is 0. The molecule has 33 heavy (non-hydrogen) atoms. The number of rotatable bonds is 6. The van der Waals surface area contributed by atoms with Crippen LogP contribution in [0.25, 0.3) is 11.1 Å². The standard InChI is InChI=1S/C24H26N4O5/c1-2-31-23(29)20-17(26-24(30)27-21(20)19-8-5-13-32-19)14-28-11-9-15(10-12-28)22-25-16-6-3-4-7-18(16)33-22/h3-8,13,15,21H,2,9-12,14H2,1H3,(H2,26,27,30). The van der Waals surface area contributed by atoms with E-state index in [1.807, 2.05) is 24.3 Å². The van der Waals surface area contributed by atoms with Crippen molar-refractivity contribution in [1.29, 1.82) is 0 Å². The van der Waals surface area contributed by atoms with Gasteiger partial charge in [-0.05, 0) is 57.1 Å². The molecule has 2 aliphatic rings. The number of fused-ring (bicyclic) bond motifs is 1. The molecule has 0 spiro atoms. The van der Waals surface area contributed by atoms with Gasteiger partial charge in [0.05, 0.1) is 18.4 Å². The van der Waals surface area contributed by atoms with Gasteiger partial charge in [-0.1, -0.05) is 12.1 Å². The predicted octanol–water partition coefficient (Wildman–Crippen LogP) is 3.47. The number of hydrogen-bond acceptors (Lipinski definition) is 7. The van der Waals surface area contributed by atoms with E-state index in [-0.39, 0.29) is 18.6 Å². The summed E-state index contributed by atoms with van der Waals surface area (Å²) in [6, 6.07) is 10.2. The molecule has 3 aromatic rings. The number of carbonyl (C=O) groups is 2. The van der Waals surface area contributed by atoms with Crippen LogP contribution in [0.5, 0.6) is 0 Å². The highest BCUT2D eigenvalue weighted by Gasteiger charge is 2.36. The summed E-state index contributed by atoms with van der Waals surface area (Å²) in [6.45, 7) is 4.00. The van der Waals surface area contributed by atoms with E-state index in [9.17, 15) is 9.59 Å². The summed E-state index contributed by atoms with van der Waals surface area (Å²) >= 11 is 0. The largest absolute Gasteiger partial charge is 0.467 e. The van der Waals surface area contributed by atoms with Gasteiger partial charge in [0.25, 0.3) is 0 Å². The van der Waals surface area contributed by atoms with Crippen LogP contribution in [0, 0.1) is 0 Å². The molecular weight excluding hydrogens is 424 g/mol. The Morgan fingerprint density at radius 3 is 2.76 bits per heavy atom. The Labute approximate surface area is 190 Å². The highest BCUT2D eigenvalue weighted by Crippen LogP contribution is 2.32. The first kappa shape index (κ1) is 21.3. The third kappa shape index (κ3) is 4.36. The van der Waals surface area contributed by atoms with E-state index in [0.29, 0.717) is 23.6 Å². The number of aromatic nitrogens is 1. The molecular formula is C24H26N4O5. The number of ether oxygens (including phenoxy) is 1. The maximum absolute atomic E-state index is 12.8. The Kier molecular flexibility index (Phi) is 5.87. The lowest BCUT2D eigenvalue weighted by Gasteiger charge is -2.34. The summed E-state index contributed by atoms with van der Waals surface area (Å²) in [6.07, 6.45) is 3.27. The summed E-state index contributed by atoms with van der Waals surface area (Å²) in [5, 5.41) is 5.60. The molecule has 1 saturated heterocycles. The number of nitrogens with one attached hydrogen (secondary N) is 2. The monoisotopic (exact) mass is 450 g/mol. The summed E-state index contributed by atoms with van der Waals surface area (Å²) in [4.78, 5) is 32.1. The van der Waals surface area contributed by atoms with Gasteiger partial charge in [-0.25, -0.2) is 14.6 Å². The van der Waals surface area contributed by atoms with Gasteiger partial charge in [-0.15, -0.1) is 0 Å². The summed E-state index contributed by atoms with van der Waals surface area (Å²) < 4.78 is 16.8. The molecule has 1 unspecified atom stereocenters. The van der Waals surface area contributed by atoms with Gasteiger partial charge in [0.15, 0.2) is 11.5 Å². The third-order valence-corrected chi connectivity index (χ3v) is 6.11. The Morgan fingerprint density at radius 1 is 1.21 bits per heavy atom. The number of furan rings is 1. The Morgan fingerprint density at radius 2 is 2.03 bits per heavy atom. The number of likely N-dealkylation sites (tertiary alicyclic amines) is 1. The van der Waals surface area contributed by atoms with Crippen LogP contribution in [0.3, 0.4) is 0 Å². The summed E-state index contributed by atoms with van der Waals surface area (Å²) in [5.41, 5.74) is 2.59. The minimum absolute atomic E-state index is 0.240. The van der Waals surface area contributed by atoms with Gasteiger partial charge in [0, 0.05) is 18.2 Å². The van der Waals surface area contributed by atoms with Crippen molar-refractivity contribution in [2.45, 2.75) is 31.7 Å². The van der Waals surface area contributed by atoms with Gasteiger partial charge >= 0.3 is 12.0 Å². The second kappa shape index (κ2) is 9.11. The predicted molar refractivity (Wildman–Crippen MR) is 119 cm³/mol. The second-order valence-corrected chi connectivity index (χ2v) is 8.23. The first-order valence-corrected chi connectivity index (χ1v) is 11.2. The van der Waals surface area contributed by atoms with Crippen LogP contribution >= 0.6 is 0 Å². The topological polar surface area (TPSA) is 110 Å². The van der Waals surface area contributed by atoms with Crippen LogP contribution in [-0.4, -0.2) is 48.1 Å². The fraction of sp³-hybridized carbons (Fsp3) is 0.375. The summed E-state index contributed by atoms with van der Waals surface area (Å²) in [5.74, 6) is 1.03. The molecule has 1 atom stereocenters. The lowest BCUT2D eigenvalue weighted by Crippen LogP contribution is -2.49. The Balaban J connectivity index is 1.33. The van der Waals surface area contributed by atoms with Crippen molar-refractivity contribution < 1.29 is 23.2 Å². The first-order valence-electron chi connectivity index (χ1n) is 11.2. The number of para-hydroxylation sites is 2. The lowest BCUT2D eigenvalue weighted by molar-refractivity contribution is -0.139. The number of nitrogens with zero attached hydrogens (tertiary/aromatic N) is 2. The number of benzene rings is 1. The highest BCUT2D eigenvalue weighted by molar-refractivity contribution is 5.95. The number of amides is 2. The fourth-order valence-electron chi connectivity index (χ4n) is 4.49. The zero-order valence-corrected chi connectivity index (χ0v) is 18.4. The molecule has 1 aromatic carbocycles. The molecule has 0 aliphatic carbocycles. The number of esters is 1. The average molecular weight is 450 g/mol. The van der Waals surface area contributed by atoms with Crippen LogP contribution in [0.2, 0.25) is 0 Å². The van der Waals surface area contributed by atoms with E-state index in [1.54, 1.807) is 19.1 Å². The quantitative estimate of drug-likeness (QED) is 0.553. The molecule has 1 fully saturated rings. The molecule has 2 aromatic heterocycles. The van der Waals surface area contributed by atoms with Crippen molar-refractivity contribution in [3.63, 3.8) is 0 Å². The lowest BCUT2D eigenvalue weighted by atomic mass is 9.95. The minimum Gasteiger partial charge on any atom is -0.467 e. The molecule has 172 valence electrons. The molecule has 2 amide bonds. The Hall–Kier alpha value is -3.59. The van der Waals surface area contributed by atoms with Crippen molar-refractivity contribution in [3.8, 4) is 0 Å². The molecule has 5 rings (SSSR count). The van der Waals surface area contributed by atoms with Crippen LogP contribution < -0.4 is 10.6 Å². The molecule has 0 saturated carbocycles. The fourth-order valence-corrected chi connectivity index (χ4v) is 4.49. The number of hydrogen-bond donors (Lipinski definition) is 2. The Bertz CT molecular complexity index is 1140. The number of piperidine rings is 1. The van der Waals surface area contributed by atoms with Gasteiger partial charge in [-0.2, -0.15) is 0 Å². The van der Waals surface area contributed by atoms with Gasteiger partial charge < -0.3 is 24.2 Å². The third-order valence-electron chi connectivity index (χ3n) is 6.11. The van der Waals surface area contributed by atoms with Crippen LogP contribution in [0.1, 0.15) is 43.4 Å².